The smallest absolute Gasteiger partial charge is 0.185 e. The zero-order chi connectivity index (χ0) is 11.3. The second-order valence-electron chi connectivity index (χ2n) is 3.26. The molecule has 0 aliphatic heterocycles. The largest absolute Gasteiger partial charge is 0.331 e. The van der Waals surface area contributed by atoms with Crippen molar-refractivity contribution in [3.8, 4) is 0 Å². The second-order valence-corrected chi connectivity index (χ2v) is 3.67. The Morgan fingerprint density at radius 2 is 1.80 bits per heavy atom. The van der Waals surface area contributed by atoms with E-state index in [9.17, 15) is 0 Å². The fraction of sp³-hybridized carbons (Fsp3) is 0.364. The number of hydrazine groups is 1. The van der Waals surface area contributed by atoms with Crippen LogP contribution >= 0.6 is 12.2 Å². The molecule has 0 saturated heterocycles. The van der Waals surface area contributed by atoms with Crippen LogP contribution in [0, 0.1) is 0 Å². The topological polar surface area (TPSA) is 50.1 Å². The lowest BCUT2D eigenvalue weighted by molar-refractivity contribution is 1.03. The van der Waals surface area contributed by atoms with Crippen LogP contribution < -0.4 is 16.6 Å². The highest BCUT2D eigenvalue weighted by atomic mass is 32.1. The molecule has 0 aromatic heterocycles. The molecule has 0 spiro atoms. The number of rotatable bonds is 3. The minimum Gasteiger partial charge on any atom is -0.331 e. The number of nitrogens with two attached hydrogens (primary N) is 1. The van der Waals surface area contributed by atoms with Gasteiger partial charge in [-0.15, -0.1) is 0 Å². The average Bonchev–Trinajstić information content (AvgIpc) is 2.29. The fourth-order valence-electron chi connectivity index (χ4n) is 1.55. The van der Waals surface area contributed by atoms with Crippen molar-refractivity contribution < 1.29 is 0 Å². The van der Waals surface area contributed by atoms with E-state index in [4.69, 9.17) is 18.1 Å². The first-order valence-electron chi connectivity index (χ1n) is 5.11. The molecule has 0 unspecified atom stereocenters. The van der Waals surface area contributed by atoms with Crippen LogP contribution in [-0.4, -0.2) is 5.11 Å². The Bertz CT molecular complexity index is 327. The molecule has 1 aromatic rings. The van der Waals surface area contributed by atoms with Crippen molar-refractivity contribution in [2.45, 2.75) is 26.7 Å². The van der Waals surface area contributed by atoms with E-state index < -0.39 is 0 Å². The molecule has 0 radical (unpaired) electrons. The molecule has 0 bridgehead atoms. The summed E-state index contributed by atoms with van der Waals surface area (Å²) >= 11 is 5.01. The highest BCUT2D eigenvalue weighted by molar-refractivity contribution is 7.80. The minimum absolute atomic E-state index is 0.450. The lowest BCUT2D eigenvalue weighted by Crippen LogP contribution is -2.34. The number of hydrogen-bond acceptors (Lipinski definition) is 2. The highest BCUT2D eigenvalue weighted by Gasteiger charge is 2.06. The van der Waals surface area contributed by atoms with Gasteiger partial charge in [0.1, 0.15) is 0 Å². The first kappa shape index (κ1) is 11.9. The third-order valence-corrected chi connectivity index (χ3v) is 2.59. The molecule has 0 fully saturated rings. The van der Waals surface area contributed by atoms with Crippen LogP contribution in [-0.2, 0) is 12.8 Å². The summed E-state index contributed by atoms with van der Waals surface area (Å²) in [5.41, 5.74) is 6.04. The van der Waals surface area contributed by atoms with Crippen LogP contribution in [0.5, 0.6) is 0 Å². The molecular weight excluding hydrogens is 206 g/mol. The summed E-state index contributed by atoms with van der Waals surface area (Å²) in [7, 11) is 0. The van der Waals surface area contributed by atoms with Crippen LogP contribution in [0.2, 0.25) is 0 Å². The van der Waals surface area contributed by atoms with E-state index in [-0.39, 0.29) is 0 Å². The number of aryl methyl sites for hydroxylation is 2. The number of nitrogens with one attached hydrogen (secondary N) is 2. The van der Waals surface area contributed by atoms with E-state index in [1.165, 1.54) is 11.1 Å². The monoisotopic (exact) mass is 223 g/mol. The van der Waals surface area contributed by atoms with E-state index in [2.05, 4.69) is 42.8 Å². The molecule has 0 amide bonds. The van der Waals surface area contributed by atoms with Gasteiger partial charge in [0.15, 0.2) is 5.11 Å². The van der Waals surface area contributed by atoms with E-state index in [1.807, 2.05) is 0 Å². The Hall–Kier alpha value is -1.13. The summed E-state index contributed by atoms with van der Waals surface area (Å²) in [4.78, 5) is 0. The highest BCUT2D eigenvalue weighted by Crippen LogP contribution is 2.22. The Kier molecular flexibility index (Phi) is 4.52. The maximum absolute atomic E-state index is 5.25. The first-order chi connectivity index (χ1) is 7.22. The molecule has 3 nitrogen and oxygen atoms in total. The Labute approximate surface area is 96.0 Å². The first-order valence-corrected chi connectivity index (χ1v) is 5.52. The van der Waals surface area contributed by atoms with Crippen LogP contribution in [0.4, 0.5) is 5.69 Å². The molecule has 15 heavy (non-hydrogen) atoms. The molecule has 0 aliphatic rings. The molecule has 4 N–H and O–H groups in total. The lowest BCUT2D eigenvalue weighted by Gasteiger charge is -2.15. The molecule has 0 aliphatic carbocycles. The van der Waals surface area contributed by atoms with Gasteiger partial charge < -0.3 is 10.7 Å². The van der Waals surface area contributed by atoms with Crippen LogP contribution in [0.1, 0.15) is 25.0 Å². The molecule has 0 atom stereocenters. The molecule has 1 rings (SSSR count). The zero-order valence-corrected chi connectivity index (χ0v) is 9.95. The van der Waals surface area contributed by atoms with Gasteiger partial charge in [-0.25, -0.2) is 5.84 Å². The SMILES string of the molecule is CCc1cccc(CC)c1NC(=S)NN. The van der Waals surface area contributed by atoms with Crippen molar-refractivity contribution >= 4 is 23.0 Å². The molecule has 4 heteroatoms. The normalized spacial score (nSPS) is 9.80. The molecule has 0 heterocycles. The van der Waals surface area contributed by atoms with Crippen LogP contribution in [0.25, 0.3) is 0 Å². The van der Waals surface area contributed by atoms with Crippen LogP contribution in [0.15, 0.2) is 18.2 Å². The summed E-state index contributed by atoms with van der Waals surface area (Å²) in [6.07, 6.45) is 1.95. The minimum atomic E-state index is 0.450. The van der Waals surface area contributed by atoms with E-state index in [0.717, 1.165) is 18.5 Å². The third kappa shape index (κ3) is 2.91. The van der Waals surface area contributed by atoms with E-state index in [0.29, 0.717) is 5.11 Å². The maximum atomic E-state index is 5.25. The van der Waals surface area contributed by atoms with Crippen LogP contribution in [0.3, 0.4) is 0 Å². The standard InChI is InChI=1S/C11H17N3S/c1-3-8-6-5-7-9(4-2)10(8)13-11(15)14-12/h5-7H,3-4,12H2,1-2H3,(H2,13,14,15). The van der Waals surface area contributed by atoms with Crippen molar-refractivity contribution in [1.82, 2.24) is 5.43 Å². The van der Waals surface area contributed by atoms with Crippen molar-refractivity contribution in [3.63, 3.8) is 0 Å². The Balaban J connectivity index is 3.05. The number of anilines is 1. The third-order valence-electron chi connectivity index (χ3n) is 2.37. The van der Waals surface area contributed by atoms with Gasteiger partial charge in [0.05, 0.1) is 0 Å². The lowest BCUT2D eigenvalue weighted by atomic mass is 10.0. The number of hydrogen-bond donors (Lipinski definition) is 3. The van der Waals surface area contributed by atoms with Gasteiger partial charge in [0.25, 0.3) is 0 Å². The predicted octanol–water partition coefficient (Wildman–Crippen LogP) is 1.97. The van der Waals surface area contributed by atoms with Crippen molar-refractivity contribution in [3.05, 3.63) is 29.3 Å². The summed E-state index contributed by atoms with van der Waals surface area (Å²) < 4.78 is 0. The molecule has 1 aromatic carbocycles. The van der Waals surface area contributed by atoms with E-state index >= 15 is 0 Å². The van der Waals surface area contributed by atoms with Crippen molar-refractivity contribution in [1.29, 1.82) is 0 Å². The average molecular weight is 223 g/mol. The summed E-state index contributed by atoms with van der Waals surface area (Å²) in [5.74, 6) is 5.25. The summed E-state index contributed by atoms with van der Waals surface area (Å²) in [5, 5.41) is 3.58. The zero-order valence-electron chi connectivity index (χ0n) is 9.13. The van der Waals surface area contributed by atoms with Gasteiger partial charge in [-0.05, 0) is 36.2 Å². The van der Waals surface area contributed by atoms with Gasteiger partial charge in [-0.2, -0.15) is 0 Å². The van der Waals surface area contributed by atoms with Crippen molar-refractivity contribution in [2.24, 2.45) is 5.84 Å². The van der Waals surface area contributed by atoms with Gasteiger partial charge in [-0.1, -0.05) is 32.0 Å². The maximum Gasteiger partial charge on any atom is 0.185 e. The van der Waals surface area contributed by atoms with Gasteiger partial charge in [0, 0.05) is 5.69 Å². The van der Waals surface area contributed by atoms with E-state index in [1.54, 1.807) is 0 Å². The quantitative estimate of drug-likeness (QED) is 0.416. The molecular formula is C11H17N3S. The van der Waals surface area contributed by atoms with Gasteiger partial charge in [0.2, 0.25) is 0 Å². The number of thiocarbonyl (C=S) groups is 1. The van der Waals surface area contributed by atoms with Crippen molar-refractivity contribution in [2.75, 3.05) is 5.32 Å². The second kappa shape index (κ2) is 5.68. The van der Waals surface area contributed by atoms with Gasteiger partial charge >= 0.3 is 0 Å². The number of benzene rings is 1. The Morgan fingerprint density at radius 1 is 1.27 bits per heavy atom. The van der Waals surface area contributed by atoms with Gasteiger partial charge in [-0.3, -0.25) is 0 Å². The fourth-order valence-corrected chi connectivity index (χ4v) is 1.65. The summed E-state index contributed by atoms with van der Waals surface area (Å²) in [6, 6.07) is 6.27. The predicted molar refractivity (Wildman–Crippen MR) is 68.7 cm³/mol. The molecule has 0 saturated carbocycles. The Morgan fingerprint density at radius 3 is 2.20 bits per heavy atom. The number of para-hydroxylation sites is 1. The summed E-state index contributed by atoms with van der Waals surface area (Å²) in [6.45, 7) is 4.25. The molecule has 82 valence electrons.